The van der Waals surface area contributed by atoms with Gasteiger partial charge in [-0.15, -0.1) is 0 Å². The molecule has 0 bridgehead atoms. The Morgan fingerprint density at radius 2 is 1.36 bits per heavy atom. The Morgan fingerprint density at radius 1 is 0.909 bits per heavy atom. The smallest absolute Gasteiger partial charge is 0.335 e. The van der Waals surface area contributed by atoms with Crippen LogP contribution in [0.25, 0.3) is 16.7 Å². The number of rotatable bonds is 4. The van der Waals surface area contributed by atoms with Crippen LogP contribution in [0, 0.1) is 0 Å². The SMILES string of the molecule is COC(=O)/C=C(\C)c1ccc(-c2ccc(C(=O)O)cc2)cc1. The lowest BCUT2D eigenvalue weighted by Gasteiger charge is -2.05. The summed E-state index contributed by atoms with van der Waals surface area (Å²) in [6.45, 7) is 1.84. The number of carboxylic acids is 1. The maximum absolute atomic E-state index is 11.2. The molecule has 0 aliphatic heterocycles. The van der Waals surface area contributed by atoms with Crippen molar-refractivity contribution >= 4 is 17.5 Å². The van der Waals surface area contributed by atoms with E-state index in [1.54, 1.807) is 24.3 Å². The molecule has 1 N–H and O–H groups in total. The Kier molecular flexibility index (Phi) is 4.73. The molecular weight excluding hydrogens is 280 g/mol. The molecule has 0 saturated carbocycles. The van der Waals surface area contributed by atoms with E-state index < -0.39 is 5.97 Å². The number of allylic oxidation sites excluding steroid dienone is 1. The van der Waals surface area contributed by atoms with Gasteiger partial charge in [0.15, 0.2) is 0 Å². The van der Waals surface area contributed by atoms with E-state index in [1.807, 2.05) is 31.2 Å². The van der Waals surface area contributed by atoms with Crippen LogP contribution >= 0.6 is 0 Å². The van der Waals surface area contributed by atoms with Gasteiger partial charge >= 0.3 is 11.9 Å². The van der Waals surface area contributed by atoms with Crippen molar-refractivity contribution in [2.75, 3.05) is 7.11 Å². The molecule has 0 heterocycles. The molecule has 0 atom stereocenters. The second-order valence-corrected chi connectivity index (χ2v) is 4.81. The van der Waals surface area contributed by atoms with E-state index in [0.29, 0.717) is 0 Å². The van der Waals surface area contributed by atoms with E-state index in [9.17, 15) is 9.59 Å². The zero-order valence-electron chi connectivity index (χ0n) is 12.4. The Bertz CT molecular complexity index is 710. The molecule has 0 spiro atoms. The maximum Gasteiger partial charge on any atom is 0.335 e. The topological polar surface area (TPSA) is 63.6 Å². The van der Waals surface area contributed by atoms with E-state index in [-0.39, 0.29) is 11.5 Å². The van der Waals surface area contributed by atoms with E-state index in [1.165, 1.54) is 13.2 Å². The van der Waals surface area contributed by atoms with Gasteiger partial charge in [0.05, 0.1) is 12.7 Å². The van der Waals surface area contributed by atoms with Gasteiger partial charge in [-0.2, -0.15) is 0 Å². The van der Waals surface area contributed by atoms with E-state index >= 15 is 0 Å². The van der Waals surface area contributed by atoms with Crippen LogP contribution in [0.5, 0.6) is 0 Å². The monoisotopic (exact) mass is 296 g/mol. The maximum atomic E-state index is 11.2. The Morgan fingerprint density at radius 3 is 1.77 bits per heavy atom. The molecule has 0 unspecified atom stereocenters. The highest BCUT2D eigenvalue weighted by Gasteiger charge is 2.04. The normalized spacial score (nSPS) is 11.1. The highest BCUT2D eigenvalue weighted by atomic mass is 16.5. The van der Waals surface area contributed by atoms with Crippen LogP contribution in [-0.4, -0.2) is 24.2 Å². The first-order chi connectivity index (χ1) is 10.5. The van der Waals surface area contributed by atoms with E-state index in [2.05, 4.69) is 4.74 Å². The molecular formula is C18H16O4. The summed E-state index contributed by atoms with van der Waals surface area (Å²) in [4.78, 5) is 22.1. The zero-order valence-corrected chi connectivity index (χ0v) is 12.4. The molecule has 22 heavy (non-hydrogen) atoms. The van der Waals surface area contributed by atoms with Crippen LogP contribution in [0.4, 0.5) is 0 Å². The number of carboxylic acid groups (broad SMARTS) is 1. The summed E-state index contributed by atoms with van der Waals surface area (Å²) in [5.41, 5.74) is 3.92. The van der Waals surface area contributed by atoms with E-state index in [4.69, 9.17) is 5.11 Å². The van der Waals surface area contributed by atoms with Gasteiger partial charge in [0.1, 0.15) is 0 Å². The Balaban J connectivity index is 2.23. The summed E-state index contributed by atoms with van der Waals surface area (Å²) in [5, 5.41) is 8.89. The molecule has 0 fully saturated rings. The fourth-order valence-electron chi connectivity index (χ4n) is 2.05. The number of carbonyl (C=O) groups excluding carboxylic acids is 1. The molecule has 0 aliphatic carbocycles. The van der Waals surface area contributed by atoms with Crippen LogP contribution in [0.3, 0.4) is 0 Å². The van der Waals surface area contributed by atoms with Crippen molar-refractivity contribution in [2.24, 2.45) is 0 Å². The lowest BCUT2D eigenvalue weighted by Crippen LogP contribution is -1.96. The van der Waals surface area contributed by atoms with Crippen molar-refractivity contribution in [3.8, 4) is 11.1 Å². The van der Waals surface area contributed by atoms with Gasteiger partial charge in [-0.3, -0.25) is 0 Å². The molecule has 2 aromatic rings. The summed E-state index contributed by atoms with van der Waals surface area (Å²) < 4.78 is 4.60. The standard InChI is InChI=1S/C18H16O4/c1-12(11-17(19)22-2)13-3-5-14(6-4-13)15-7-9-16(10-8-15)18(20)21/h3-11H,1-2H3,(H,20,21)/b12-11+. The van der Waals surface area contributed by atoms with Crippen molar-refractivity contribution in [2.45, 2.75) is 6.92 Å². The fraction of sp³-hybridized carbons (Fsp3) is 0.111. The van der Waals surface area contributed by atoms with Crippen molar-refractivity contribution < 1.29 is 19.4 Å². The molecule has 2 rings (SSSR count). The third-order valence-electron chi connectivity index (χ3n) is 3.34. The predicted octanol–water partition coefficient (Wildman–Crippen LogP) is 3.63. The Labute approximate surface area is 128 Å². The lowest BCUT2D eigenvalue weighted by molar-refractivity contribution is -0.134. The van der Waals surface area contributed by atoms with Gasteiger partial charge < -0.3 is 9.84 Å². The van der Waals surface area contributed by atoms with Crippen LogP contribution in [0.1, 0.15) is 22.8 Å². The number of carbonyl (C=O) groups is 2. The first-order valence-corrected chi connectivity index (χ1v) is 6.71. The predicted molar refractivity (Wildman–Crippen MR) is 84.5 cm³/mol. The van der Waals surface area contributed by atoms with Crippen LogP contribution in [0.15, 0.2) is 54.6 Å². The molecule has 112 valence electrons. The van der Waals surface area contributed by atoms with Gasteiger partial charge in [0.2, 0.25) is 0 Å². The number of hydrogen-bond acceptors (Lipinski definition) is 3. The number of esters is 1. The van der Waals surface area contributed by atoms with E-state index in [0.717, 1.165) is 22.3 Å². The first-order valence-electron chi connectivity index (χ1n) is 6.71. The largest absolute Gasteiger partial charge is 0.478 e. The van der Waals surface area contributed by atoms with Crippen molar-refractivity contribution in [3.05, 3.63) is 65.7 Å². The van der Waals surface area contributed by atoms with Crippen LogP contribution < -0.4 is 0 Å². The summed E-state index contributed by atoms with van der Waals surface area (Å²) in [6.07, 6.45) is 1.44. The Hall–Kier alpha value is -2.88. The number of ether oxygens (including phenoxy) is 1. The summed E-state index contributed by atoms with van der Waals surface area (Å²) in [6, 6.07) is 14.4. The van der Waals surface area contributed by atoms with Gasteiger partial charge in [-0.05, 0) is 41.3 Å². The zero-order chi connectivity index (χ0) is 16.1. The molecule has 0 saturated heterocycles. The fourth-order valence-corrected chi connectivity index (χ4v) is 2.05. The van der Waals surface area contributed by atoms with Gasteiger partial charge in [0.25, 0.3) is 0 Å². The van der Waals surface area contributed by atoms with Crippen LogP contribution in [0.2, 0.25) is 0 Å². The first kappa shape index (κ1) is 15.5. The number of aromatic carboxylic acids is 1. The van der Waals surface area contributed by atoms with Crippen molar-refractivity contribution in [3.63, 3.8) is 0 Å². The number of hydrogen-bond donors (Lipinski definition) is 1. The minimum absolute atomic E-state index is 0.261. The highest BCUT2D eigenvalue weighted by molar-refractivity contribution is 5.91. The van der Waals surface area contributed by atoms with Crippen molar-refractivity contribution in [1.29, 1.82) is 0 Å². The van der Waals surface area contributed by atoms with Gasteiger partial charge in [0, 0.05) is 6.08 Å². The molecule has 0 amide bonds. The minimum atomic E-state index is -0.939. The molecule has 0 radical (unpaired) electrons. The number of methoxy groups -OCH3 is 1. The third-order valence-corrected chi connectivity index (χ3v) is 3.34. The second kappa shape index (κ2) is 6.72. The molecule has 4 nitrogen and oxygen atoms in total. The average Bonchev–Trinajstić information content (AvgIpc) is 2.55. The van der Waals surface area contributed by atoms with Crippen LogP contribution in [-0.2, 0) is 9.53 Å². The molecule has 0 aliphatic rings. The average molecular weight is 296 g/mol. The minimum Gasteiger partial charge on any atom is -0.478 e. The third kappa shape index (κ3) is 3.61. The lowest BCUT2D eigenvalue weighted by atomic mass is 10.00. The molecule has 0 aromatic heterocycles. The van der Waals surface area contributed by atoms with Gasteiger partial charge in [-0.25, -0.2) is 9.59 Å². The quantitative estimate of drug-likeness (QED) is 0.691. The molecule has 2 aromatic carbocycles. The summed E-state index contributed by atoms with van der Waals surface area (Å²) >= 11 is 0. The second-order valence-electron chi connectivity index (χ2n) is 4.81. The summed E-state index contributed by atoms with van der Waals surface area (Å²) in [7, 11) is 1.34. The molecule has 4 heteroatoms. The van der Waals surface area contributed by atoms with Gasteiger partial charge in [-0.1, -0.05) is 36.4 Å². The van der Waals surface area contributed by atoms with Crippen molar-refractivity contribution in [1.82, 2.24) is 0 Å². The highest BCUT2D eigenvalue weighted by Crippen LogP contribution is 2.23. The number of benzene rings is 2. The summed E-state index contributed by atoms with van der Waals surface area (Å²) in [5.74, 6) is -1.32.